The Bertz CT molecular complexity index is 514. The van der Waals surface area contributed by atoms with Crippen LogP contribution in [0.2, 0.25) is 0 Å². The highest BCUT2D eigenvalue weighted by molar-refractivity contribution is 6.27. The molecule has 0 aromatic heterocycles. The smallest absolute Gasteiger partial charge is 0.00484 e. The van der Waals surface area contributed by atoms with E-state index in [-0.39, 0.29) is 0 Å². The Balaban J connectivity index is 0.000000141. The van der Waals surface area contributed by atoms with E-state index in [1.807, 2.05) is 36.4 Å². The average Bonchev–Trinajstić information content (AvgIpc) is 3.14. The van der Waals surface area contributed by atoms with E-state index in [9.17, 15) is 0 Å². The zero-order valence-corrected chi connectivity index (χ0v) is 11.6. The molecule has 0 atom stereocenters. The molecule has 0 amide bonds. The van der Waals surface area contributed by atoms with E-state index in [1.165, 1.54) is 16.7 Å². The first-order valence-electron chi connectivity index (χ1n) is 6.44. The van der Waals surface area contributed by atoms with E-state index in [2.05, 4.69) is 36.5 Å². The minimum Gasteiger partial charge on any atom is -0.0929 e. The van der Waals surface area contributed by atoms with Gasteiger partial charge in [0.2, 0.25) is 0 Å². The Hall–Kier alpha value is -1.79. The number of hydrogen-bond acceptors (Lipinski definition) is 0. The third kappa shape index (κ3) is 4.42. The molecule has 0 saturated carbocycles. The van der Waals surface area contributed by atoms with Crippen LogP contribution in [0.1, 0.15) is 18.4 Å². The summed E-state index contributed by atoms with van der Waals surface area (Å²) in [6.07, 6.45) is 17.2. The van der Waals surface area contributed by atoms with Crippen molar-refractivity contribution in [3.05, 3.63) is 89.0 Å². The molecule has 2 aliphatic carbocycles. The van der Waals surface area contributed by atoms with Gasteiger partial charge in [0, 0.05) is 5.54 Å². The van der Waals surface area contributed by atoms with Crippen molar-refractivity contribution in [3.8, 4) is 0 Å². The van der Waals surface area contributed by atoms with Crippen molar-refractivity contribution in [2.45, 2.75) is 12.8 Å². The summed E-state index contributed by atoms with van der Waals surface area (Å²) in [4.78, 5) is 0. The van der Waals surface area contributed by atoms with Crippen LogP contribution in [0.15, 0.2) is 83.5 Å². The van der Waals surface area contributed by atoms with Gasteiger partial charge in [-0.25, -0.2) is 0 Å². The van der Waals surface area contributed by atoms with Crippen LogP contribution in [0.3, 0.4) is 0 Å². The van der Waals surface area contributed by atoms with Crippen molar-refractivity contribution in [2.24, 2.45) is 0 Å². The molecule has 19 heavy (non-hydrogen) atoms. The molecule has 0 spiro atoms. The van der Waals surface area contributed by atoms with E-state index < -0.39 is 0 Å². The monoisotopic (exact) mass is 268 g/mol. The molecule has 0 heterocycles. The van der Waals surface area contributed by atoms with Crippen molar-refractivity contribution in [2.75, 3.05) is 0 Å². The first-order valence-corrected chi connectivity index (χ1v) is 6.87. The third-order valence-electron chi connectivity index (χ3n) is 3.01. The molecule has 1 heteroatoms. The molecule has 1 aromatic carbocycles. The van der Waals surface area contributed by atoms with Crippen LogP contribution in [0.4, 0.5) is 0 Å². The Kier molecular flexibility index (Phi) is 5.46. The highest BCUT2D eigenvalue weighted by Crippen LogP contribution is 2.25. The zero-order valence-electron chi connectivity index (χ0n) is 10.8. The second kappa shape index (κ2) is 7.60. The van der Waals surface area contributed by atoms with Crippen molar-refractivity contribution in [3.63, 3.8) is 0 Å². The van der Waals surface area contributed by atoms with E-state index in [4.69, 9.17) is 11.6 Å². The lowest BCUT2D eigenvalue weighted by Gasteiger charge is -1.99. The minimum absolute atomic E-state index is 1.13. The van der Waals surface area contributed by atoms with E-state index >= 15 is 0 Å². The van der Waals surface area contributed by atoms with Crippen molar-refractivity contribution in [1.82, 2.24) is 0 Å². The zero-order chi connectivity index (χ0) is 13.3. The standard InChI is InChI=1S/C10H10.C8H7Cl/c1-2-6-9(5-1)10-7-3-4-8-10;9-7-6-8-4-2-1-3-5-8/h1-5,7H,6,8H2;1-7H. The molecule has 1 aromatic rings. The molecule has 0 unspecified atom stereocenters. The van der Waals surface area contributed by atoms with Gasteiger partial charge in [0.1, 0.15) is 0 Å². The quantitative estimate of drug-likeness (QED) is 0.650. The SMILES string of the molecule is C1=CCC(C2=CC=CC2)=C1.ClC=Cc1ccccc1. The van der Waals surface area contributed by atoms with Crippen molar-refractivity contribution < 1.29 is 0 Å². The first-order chi connectivity index (χ1) is 9.40. The van der Waals surface area contributed by atoms with Crippen molar-refractivity contribution in [1.29, 1.82) is 0 Å². The average molecular weight is 269 g/mol. The van der Waals surface area contributed by atoms with Gasteiger partial charge in [-0.1, -0.05) is 78.4 Å². The number of benzene rings is 1. The van der Waals surface area contributed by atoms with Crippen LogP contribution >= 0.6 is 11.6 Å². The largest absolute Gasteiger partial charge is 0.0929 e. The molecule has 0 radical (unpaired) electrons. The summed E-state index contributed by atoms with van der Waals surface area (Å²) < 4.78 is 0. The first kappa shape index (κ1) is 13.6. The maximum absolute atomic E-state index is 5.36. The molecule has 0 bridgehead atoms. The fourth-order valence-corrected chi connectivity index (χ4v) is 2.15. The second-order valence-electron chi connectivity index (χ2n) is 4.35. The molecule has 0 N–H and O–H groups in total. The van der Waals surface area contributed by atoms with Crippen LogP contribution in [-0.2, 0) is 0 Å². The molecule has 0 fully saturated rings. The van der Waals surface area contributed by atoms with Gasteiger partial charge in [-0.15, -0.1) is 0 Å². The summed E-state index contributed by atoms with van der Waals surface area (Å²) in [6, 6.07) is 9.93. The lowest BCUT2D eigenvalue weighted by atomic mass is 10.1. The molecule has 0 nitrogen and oxygen atoms in total. The van der Waals surface area contributed by atoms with Gasteiger partial charge in [-0.3, -0.25) is 0 Å². The van der Waals surface area contributed by atoms with Gasteiger partial charge in [-0.05, 0) is 35.6 Å². The van der Waals surface area contributed by atoms with Gasteiger partial charge in [0.15, 0.2) is 0 Å². The van der Waals surface area contributed by atoms with Crippen LogP contribution in [0.5, 0.6) is 0 Å². The summed E-state index contributed by atoms with van der Waals surface area (Å²) in [5.41, 5.74) is 5.62. The van der Waals surface area contributed by atoms with Gasteiger partial charge in [-0.2, -0.15) is 0 Å². The van der Waals surface area contributed by atoms with Crippen LogP contribution in [0, 0.1) is 0 Å². The summed E-state index contributed by atoms with van der Waals surface area (Å²) in [5.74, 6) is 0. The maximum atomic E-state index is 5.36. The summed E-state index contributed by atoms with van der Waals surface area (Å²) in [6.45, 7) is 0. The fourth-order valence-electron chi connectivity index (χ4n) is 2.01. The van der Waals surface area contributed by atoms with Crippen molar-refractivity contribution >= 4 is 17.7 Å². The Morgan fingerprint density at radius 2 is 1.42 bits per heavy atom. The molecule has 3 rings (SSSR count). The summed E-state index contributed by atoms with van der Waals surface area (Å²) >= 11 is 5.36. The number of halogens is 1. The van der Waals surface area contributed by atoms with E-state index in [0.717, 1.165) is 18.4 Å². The topological polar surface area (TPSA) is 0 Å². The molecular weight excluding hydrogens is 252 g/mol. The number of rotatable bonds is 2. The van der Waals surface area contributed by atoms with Crippen LogP contribution in [0.25, 0.3) is 6.08 Å². The Labute approximate surface area is 120 Å². The van der Waals surface area contributed by atoms with E-state index in [1.54, 1.807) is 0 Å². The summed E-state index contributed by atoms with van der Waals surface area (Å²) in [5, 5.41) is 0. The van der Waals surface area contributed by atoms with Crippen LogP contribution < -0.4 is 0 Å². The lowest BCUT2D eigenvalue weighted by Crippen LogP contribution is -1.80. The highest BCUT2D eigenvalue weighted by Gasteiger charge is 2.05. The predicted octanol–water partition coefficient (Wildman–Crippen LogP) is 5.66. The fraction of sp³-hybridized carbons (Fsp3) is 0.111. The molecule has 0 saturated heterocycles. The summed E-state index contributed by atoms with van der Waals surface area (Å²) in [7, 11) is 0. The highest BCUT2D eigenvalue weighted by atomic mass is 35.5. The second-order valence-corrected chi connectivity index (χ2v) is 4.60. The van der Waals surface area contributed by atoms with Gasteiger partial charge < -0.3 is 0 Å². The Morgan fingerprint density at radius 1 is 0.842 bits per heavy atom. The predicted molar refractivity (Wildman–Crippen MR) is 85.0 cm³/mol. The molecule has 0 aliphatic heterocycles. The maximum Gasteiger partial charge on any atom is 0.00484 e. The van der Waals surface area contributed by atoms with Gasteiger partial charge in [0.25, 0.3) is 0 Å². The van der Waals surface area contributed by atoms with E-state index in [0.29, 0.717) is 0 Å². The minimum atomic E-state index is 1.13. The number of hydrogen-bond donors (Lipinski definition) is 0. The van der Waals surface area contributed by atoms with Gasteiger partial charge in [0.05, 0.1) is 0 Å². The lowest BCUT2D eigenvalue weighted by molar-refractivity contribution is 1.18. The third-order valence-corrected chi connectivity index (χ3v) is 3.14. The number of allylic oxidation sites excluding steroid dienone is 8. The van der Waals surface area contributed by atoms with Crippen LogP contribution in [-0.4, -0.2) is 0 Å². The Morgan fingerprint density at radius 3 is 1.84 bits per heavy atom. The molecular formula is C18H17Cl. The normalized spacial score (nSPS) is 16.3. The molecule has 96 valence electrons. The van der Waals surface area contributed by atoms with Gasteiger partial charge >= 0.3 is 0 Å². The molecule has 2 aliphatic rings.